The highest BCUT2D eigenvalue weighted by Crippen LogP contribution is 2.28. The van der Waals surface area contributed by atoms with Gasteiger partial charge in [0.25, 0.3) is 0 Å². The molecule has 0 radical (unpaired) electrons. The molecule has 2 heterocycles. The van der Waals surface area contributed by atoms with E-state index in [9.17, 15) is 9.59 Å². The molecule has 2 amide bonds. The van der Waals surface area contributed by atoms with Gasteiger partial charge in [0.15, 0.2) is 0 Å². The van der Waals surface area contributed by atoms with Gasteiger partial charge >= 0.3 is 6.09 Å². The summed E-state index contributed by atoms with van der Waals surface area (Å²) in [5.41, 5.74) is 1.32. The summed E-state index contributed by atoms with van der Waals surface area (Å²) in [7, 11) is 0. The Labute approximate surface area is 223 Å². The first-order chi connectivity index (χ1) is 17.7. The molecule has 1 aromatic heterocycles. The lowest BCUT2D eigenvalue weighted by Crippen LogP contribution is -2.45. The van der Waals surface area contributed by atoms with Crippen LogP contribution in [0.15, 0.2) is 54.9 Å². The molecule has 37 heavy (non-hydrogen) atoms. The molecule has 0 aliphatic carbocycles. The van der Waals surface area contributed by atoms with E-state index in [0.29, 0.717) is 24.7 Å². The van der Waals surface area contributed by atoms with Gasteiger partial charge in [-0.3, -0.25) is 4.79 Å². The normalized spacial score (nSPS) is 14.4. The number of piperidine rings is 1. The molecular weight excluding hydrogens is 490 g/mol. The number of amides is 2. The number of ether oxygens (including phenoxy) is 1. The summed E-state index contributed by atoms with van der Waals surface area (Å²) < 4.78 is 5.33. The molecule has 8 nitrogen and oxygen atoms in total. The Morgan fingerprint density at radius 1 is 1.08 bits per heavy atom. The zero-order chi connectivity index (χ0) is 26.4. The zero-order valence-corrected chi connectivity index (χ0v) is 22.4. The molecule has 0 spiro atoms. The number of fused-ring (bicyclic) bond motifs is 1. The molecule has 1 saturated heterocycles. The summed E-state index contributed by atoms with van der Waals surface area (Å²) in [5.74, 6) is 0.905. The molecule has 0 bridgehead atoms. The van der Waals surface area contributed by atoms with Crippen molar-refractivity contribution in [1.29, 1.82) is 0 Å². The van der Waals surface area contributed by atoms with Gasteiger partial charge in [-0.2, -0.15) is 0 Å². The third kappa shape index (κ3) is 7.32. The quantitative estimate of drug-likeness (QED) is 0.466. The van der Waals surface area contributed by atoms with Crippen molar-refractivity contribution >= 4 is 40.3 Å². The third-order valence-electron chi connectivity index (χ3n) is 6.31. The van der Waals surface area contributed by atoms with Crippen LogP contribution in [0.25, 0.3) is 10.9 Å². The second-order valence-corrected chi connectivity index (χ2v) is 10.7. The summed E-state index contributed by atoms with van der Waals surface area (Å²) >= 11 is 6.05. The smallest absolute Gasteiger partial charge is 0.407 e. The first kappa shape index (κ1) is 26.7. The van der Waals surface area contributed by atoms with Crippen molar-refractivity contribution in [3.8, 4) is 0 Å². The Hall–Kier alpha value is -3.39. The summed E-state index contributed by atoms with van der Waals surface area (Å²) in [6.45, 7) is 8.07. The molecule has 0 atom stereocenters. The Balaban J connectivity index is 1.40. The van der Waals surface area contributed by atoms with Crippen molar-refractivity contribution in [2.45, 2.75) is 45.8 Å². The number of carbonyl (C=O) groups excluding carboxylic acids is 2. The van der Waals surface area contributed by atoms with E-state index in [2.05, 4.69) is 20.2 Å². The molecule has 4 rings (SSSR count). The van der Waals surface area contributed by atoms with Crippen LogP contribution < -0.4 is 10.2 Å². The maximum Gasteiger partial charge on any atom is 0.407 e. The highest BCUT2D eigenvalue weighted by molar-refractivity contribution is 6.30. The fourth-order valence-electron chi connectivity index (χ4n) is 4.52. The van der Waals surface area contributed by atoms with Crippen LogP contribution in [0.2, 0.25) is 5.02 Å². The number of rotatable bonds is 7. The molecule has 1 aliphatic rings. The number of nitrogens with one attached hydrogen (secondary N) is 1. The monoisotopic (exact) mass is 523 g/mol. The summed E-state index contributed by atoms with van der Waals surface area (Å²) in [6, 6.07) is 15.5. The topological polar surface area (TPSA) is 87.7 Å². The Kier molecular flexibility index (Phi) is 8.48. The van der Waals surface area contributed by atoms with Gasteiger partial charge in [0.2, 0.25) is 5.91 Å². The molecule has 3 aromatic rings. The Morgan fingerprint density at radius 3 is 2.49 bits per heavy atom. The molecule has 2 aromatic carbocycles. The lowest BCUT2D eigenvalue weighted by Gasteiger charge is -2.35. The lowest BCUT2D eigenvalue weighted by atomic mass is 9.94. The van der Waals surface area contributed by atoms with E-state index in [1.807, 2.05) is 74.2 Å². The van der Waals surface area contributed by atoms with E-state index >= 15 is 0 Å². The minimum Gasteiger partial charge on any atom is -0.444 e. The number of hydrogen-bond donors (Lipinski definition) is 1. The molecule has 1 fully saturated rings. The second kappa shape index (κ2) is 11.8. The van der Waals surface area contributed by atoms with Gasteiger partial charge in [0, 0.05) is 49.1 Å². The van der Waals surface area contributed by atoms with Crippen LogP contribution in [0.5, 0.6) is 0 Å². The molecule has 1 N–H and O–H groups in total. The predicted octanol–water partition coefficient (Wildman–Crippen LogP) is 5.05. The minimum absolute atomic E-state index is 0.0909. The Morgan fingerprint density at radius 2 is 1.78 bits per heavy atom. The second-order valence-electron chi connectivity index (χ2n) is 10.3. The van der Waals surface area contributed by atoms with Crippen LogP contribution in [-0.4, -0.2) is 58.6 Å². The number of benzene rings is 2. The van der Waals surface area contributed by atoms with Crippen LogP contribution in [0, 0.1) is 5.92 Å². The van der Waals surface area contributed by atoms with E-state index < -0.39 is 11.7 Å². The van der Waals surface area contributed by atoms with E-state index in [1.165, 1.54) is 0 Å². The van der Waals surface area contributed by atoms with Gasteiger partial charge in [0.1, 0.15) is 17.7 Å². The van der Waals surface area contributed by atoms with Crippen molar-refractivity contribution < 1.29 is 14.3 Å². The number of nitrogens with zero attached hydrogens (tertiary/aromatic N) is 4. The standard InChI is InChI=1S/C28H34ClN5O3/c1-28(2,3)37-27(36)30-14-17-34(18-20-8-10-22(29)11-9-20)26(35)21-12-15-33(16-13-21)25-23-6-4-5-7-24(23)31-19-32-25/h4-11,19,21H,12-18H2,1-3H3,(H,30,36). The number of aromatic nitrogens is 2. The van der Waals surface area contributed by atoms with Crippen molar-refractivity contribution in [3.05, 3.63) is 65.4 Å². The van der Waals surface area contributed by atoms with Gasteiger partial charge in [-0.05, 0) is 63.4 Å². The average Bonchev–Trinajstić information content (AvgIpc) is 2.87. The van der Waals surface area contributed by atoms with Crippen LogP contribution in [0.3, 0.4) is 0 Å². The third-order valence-corrected chi connectivity index (χ3v) is 6.57. The van der Waals surface area contributed by atoms with Crippen LogP contribution in [0.1, 0.15) is 39.2 Å². The number of anilines is 1. The summed E-state index contributed by atoms with van der Waals surface area (Å²) in [6.07, 6.45) is 2.57. The van der Waals surface area contributed by atoms with E-state index in [1.54, 1.807) is 6.33 Å². The fraction of sp³-hybridized carbons (Fsp3) is 0.429. The number of halogens is 1. The predicted molar refractivity (Wildman–Crippen MR) is 146 cm³/mol. The SMILES string of the molecule is CC(C)(C)OC(=O)NCCN(Cc1ccc(Cl)cc1)C(=O)C1CCN(c2ncnc3ccccc23)CC1. The molecule has 1 aliphatic heterocycles. The minimum atomic E-state index is -0.578. The first-order valence-electron chi connectivity index (χ1n) is 12.6. The molecule has 0 unspecified atom stereocenters. The fourth-order valence-corrected chi connectivity index (χ4v) is 4.65. The maximum atomic E-state index is 13.6. The first-order valence-corrected chi connectivity index (χ1v) is 13.0. The van der Waals surface area contributed by atoms with Gasteiger partial charge in [0.05, 0.1) is 5.52 Å². The summed E-state index contributed by atoms with van der Waals surface area (Å²) in [5, 5.41) is 4.44. The van der Waals surface area contributed by atoms with E-state index in [-0.39, 0.29) is 11.8 Å². The largest absolute Gasteiger partial charge is 0.444 e. The van der Waals surface area contributed by atoms with E-state index in [0.717, 1.165) is 48.2 Å². The molecule has 9 heteroatoms. The van der Waals surface area contributed by atoms with Crippen molar-refractivity contribution in [2.75, 3.05) is 31.1 Å². The average molecular weight is 524 g/mol. The van der Waals surface area contributed by atoms with E-state index in [4.69, 9.17) is 16.3 Å². The van der Waals surface area contributed by atoms with Crippen LogP contribution in [-0.2, 0) is 16.1 Å². The number of para-hydroxylation sites is 1. The van der Waals surface area contributed by atoms with Crippen LogP contribution >= 0.6 is 11.6 Å². The van der Waals surface area contributed by atoms with Gasteiger partial charge < -0.3 is 19.9 Å². The zero-order valence-electron chi connectivity index (χ0n) is 21.6. The highest BCUT2D eigenvalue weighted by atomic mass is 35.5. The molecule has 196 valence electrons. The van der Waals surface area contributed by atoms with Gasteiger partial charge in [-0.15, -0.1) is 0 Å². The van der Waals surface area contributed by atoms with Crippen molar-refractivity contribution in [1.82, 2.24) is 20.2 Å². The molecule has 0 saturated carbocycles. The van der Waals surface area contributed by atoms with Crippen molar-refractivity contribution in [3.63, 3.8) is 0 Å². The lowest BCUT2D eigenvalue weighted by molar-refractivity contribution is -0.136. The van der Waals surface area contributed by atoms with Gasteiger partial charge in [-0.25, -0.2) is 14.8 Å². The Bertz CT molecular complexity index is 1220. The number of hydrogen-bond acceptors (Lipinski definition) is 6. The maximum absolute atomic E-state index is 13.6. The number of carbonyl (C=O) groups is 2. The van der Waals surface area contributed by atoms with Crippen molar-refractivity contribution in [2.24, 2.45) is 5.92 Å². The summed E-state index contributed by atoms with van der Waals surface area (Å²) in [4.78, 5) is 38.7. The van der Waals surface area contributed by atoms with Gasteiger partial charge in [-0.1, -0.05) is 35.9 Å². The highest BCUT2D eigenvalue weighted by Gasteiger charge is 2.30. The molecular formula is C28H34ClN5O3. The van der Waals surface area contributed by atoms with Crippen LogP contribution in [0.4, 0.5) is 10.6 Å². The number of alkyl carbamates (subject to hydrolysis) is 1.